The predicted octanol–water partition coefficient (Wildman–Crippen LogP) is 5.50. The second-order valence-corrected chi connectivity index (χ2v) is 16.8. The van der Waals surface area contributed by atoms with Gasteiger partial charge >= 0.3 is 0 Å². The van der Waals surface area contributed by atoms with Gasteiger partial charge in [-0.05, 0) is 50.6 Å². The van der Waals surface area contributed by atoms with Gasteiger partial charge in [-0.1, -0.05) is 49.5 Å². The minimum absolute atomic E-state index is 0.272. The van der Waals surface area contributed by atoms with Crippen LogP contribution in [0.25, 0.3) is 0 Å². The fraction of sp³-hybridized carbons (Fsp3) is 0.500. The highest BCUT2D eigenvalue weighted by molar-refractivity contribution is 7.92. The van der Waals surface area contributed by atoms with E-state index < -0.39 is 34.4 Å². The lowest BCUT2D eigenvalue weighted by molar-refractivity contribution is -0.0297. The Kier molecular flexibility index (Phi) is 5.98. The van der Waals surface area contributed by atoms with Crippen LogP contribution in [0.3, 0.4) is 0 Å². The average molecular weight is 413 g/mol. The van der Waals surface area contributed by atoms with Gasteiger partial charge in [0.15, 0.2) is 9.84 Å². The van der Waals surface area contributed by atoms with E-state index in [0.717, 1.165) is 6.04 Å². The van der Waals surface area contributed by atoms with Gasteiger partial charge in [0.2, 0.25) is 0 Å². The average Bonchev–Trinajstić information content (AvgIpc) is 2.79. The number of sulfone groups is 1. The first-order valence-corrected chi connectivity index (χ1v) is 14.5. The topological polar surface area (TPSA) is 43.4 Å². The zero-order chi connectivity index (χ0) is 19.8. The summed E-state index contributed by atoms with van der Waals surface area (Å²) in [5, 5.41) is -0.169. The summed E-state index contributed by atoms with van der Waals surface area (Å²) in [4.78, 5) is 0.272. The summed E-state index contributed by atoms with van der Waals surface area (Å²) in [5.74, 6) is 0. The molecule has 3 atom stereocenters. The maximum atomic E-state index is 13.3. The highest BCUT2D eigenvalue weighted by Crippen LogP contribution is 2.45. The molecule has 144 valence electrons. The normalized spacial score (nSPS) is 30.0. The summed E-state index contributed by atoms with van der Waals surface area (Å²) in [6, 6.07) is 7.32. The lowest BCUT2D eigenvalue weighted by Gasteiger charge is -2.29. The van der Waals surface area contributed by atoms with E-state index in [0.29, 0.717) is 11.4 Å². The summed E-state index contributed by atoms with van der Waals surface area (Å²) >= 11 is 5.92. The zero-order valence-corrected chi connectivity index (χ0v) is 18.8. The number of benzene rings is 1. The van der Waals surface area contributed by atoms with Gasteiger partial charge < -0.3 is 4.74 Å². The standard InChI is InChI=1S/C20H29ClO3SSi/c1-7-19(2)15-18(20(3,24-19)13-8-14-26(4,5)6)25(22,23)17-11-9-16(21)10-12-17/h7-13,18H,1,14-15H2,2-6H3/b13-8+/t18-,19+,20-/m0/s1. The van der Waals surface area contributed by atoms with Crippen molar-refractivity contribution in [3.05, 3.63) is 54.1 Å². The Morgan fingerprint density at radius 2 is 1.85 bits per heavy atom. The molecule has 1 aliphatic heterocycles. The largest absolute Gasteiger partial charge is 0.360 e. The number of ether oxygens (including phenoxy) is 1. The van der Waals surface area contributed by atoms with Crippen LogP contribution in [0, 0.1) is 0 Å². The molecule has 1 fully saturated rings. The second kappa shape index (κ2) is 7.27. The number of halogens is 1. The molecule has 0 amide bonds. The SMILES string of the molecule is C=C[C@]1(C)C[C@H](S(=O)(=O)c2ccc(Cl)cc2)[C@](C)(/C=C/C[Si](C)(C)C)O1. The Balaban J connectivity index is 2.45. The van der Waals surface area contributed by atoms with Crippen molar-refractivity contribution >= 4 is 29.5 Å². The third-order valence-corrected chi connectivity index (χ3v) is 8.84. The molecule has 1 aromatic rings. The van der Waals surface area contributed by atoms with Crippen LogP contribution in [0.2, 0.25) is 30.7 Å². The van der Waals surface area contributed by atoms with Crippen molar-refractivity contribution < 1.29 is 13.2 Å². The summed E-state index contributed by atoms with van der Waals surface area (Å²) in [6.45, 7) is 14.4. The monoisotopic (exact) mass is 412 g/mol. The molecule has 0 bridgehead atoms. The molecule has 0 aliphatic carbocycles. The van der Waals surface area contributed by atoms with E-state index in [9.17, 15) is 8.42 Å². The van der Waals surface area contributed by atoms with E-state index in [1.807, 2.05) is 19.9 Å². The molecule has 0 aromatic heterocycles. The van der Waals surface area contributed by atoms with E-state index in [1.165, 1.54) is 0 Å². The number of hydrogen-bond donors (Lipinski definition) is 0. The van der Waals surface area contributed by atoms with Crippen molar-refractivity contribution in [1.82, 2.24) is 0 Å². The highest BCUT2D eigenvalue weighted by atomic mass is 35.5. The molecule has 0 spiro atoms. The maximum Gasteiger partial charge on any atom is 0.184 e. The molecule has 6 heteroatoms. The fourth-order valence-corrected chi connectivity index (χ4v) is 6.39. The molecule has 2 rings (SSSR count). The molecule has 0 saturated carbocycles. The molecular formula is C20H29ClO3SSi. The van der Waals surface area contributed by atoms with E-state index in [-0.39, 0.29) is 4.90 Å². The van der Waals surface area contributed by atoms with Crippen molar-refractivity contribution in [3.63, 3.8) is 0 Å². The molecule has 0 radical (unpaired) electrons. The van der Waals surface area contributed by atoms with E-state index in [4.69, 9.17) is 16.3 Å². The Labute approximate surface area is 164 Å². The van der Waals surface area contributed by atoms with E-state index >= 15 is 0 Å². The van der Waals surface area contributed by atoms with Gasteiger partial charge in [0, 0.05) is 13.1 Å². The highest BCUT2D eigenvalue weighted by Gasteiger charge is 2.54. The molecular weight excluding hydrogens is 384 g/mol. The minimum Gasteiger partial charge on any atom is -0.360 e. The van der Waals surface area contributed by atoms with Crippen molar-refractivity contribution in [2.45, 2.75) is 67.3 Å². The Hall–Kier alpha value is -0.883. The summed E-state index contributed by atoms with van der Waals surface area (Å²) in [7, 11) is -4.85. The Morgan fingerprint density at radius 1 is 1.27 bits per heavy atom. The van der Waals surface area contributed by atoms with Crippen molar-refractivity contribution in [2.75, 3.05) is 0 Å². The zero-order valence-electron chi connectivity index (χ0n) is 16.3. The molecule has 0 unspecified atom stereocenters. The number of rotatable bonds is 6. The molecule has 0 N–H and O–H groups in total. The van der Waals surface area contributed by atoms with E-state index in [1.54, 1.807) is 30.3 Å². The van der Waals surface area contributed by atoms with Crippen LogP contribution < -0.4 is 0 Å². The third-order valence-electron chi connectivity index (χ3n) is 4.81. The molecule has 1 heterocycles. The van der Waals surface area contributed by atoms with Gasteiger partial charge in [-0.25, -0.2) is 8.42 Å². The second-order valence-electron chi connectivity index (χ2n) is 8.66. The summed E-state index contributed by atoms with van der Waals surface area (Å²) in [6.07, 6.45) is 6.10. The minimum atomic E-state index is -3.58. The lowest BCUT2D eigenvalue weighted by Crippen LogP contribution is -2.40. The molecule has 26 heavy (non-hydrogen) atoms. The Bertz CT molecular complexity index is 795. The molecule has 1 saturated heterocycles. The van der Waals surface area contributed by atoms with Crippen molar-refractivity contribution in [2.24, 2.45) is 0 Å². The number of allylic oxidation sites excluding steroid dienone is 1. The van der Waals surface area contributed by atoms with Crippen LogP contribution in [0.4, 0.5) is 0 Å². The van der Waals surface area contributed by atoms with Crippen LogP contribution in [-0.2, 0) is 14.6 Å². The van der Waals surface area contributed by atoms with Crippen LogP contribution in [0.1, 0.15) is 20.3 Å². The fourth-order valence-electron chi connectivity index (χ4n) is 3.30. The Morgan fingerprint density at radius 3 is 2.35 bits per heavy atom. The van der Waals surface area contributed by atoms with Gasteiger partial charge in [-0.3, -0.25) is 0 Å². The van der Waals surface area contributed by atoms with Crippen LogP contribution >= 0.6 is 11.6 Å². The quantitative estimate of drug-likeness (QED) is 0.457. The van der Waals surface area contributed by atoms with Gasteiger partial charge in [0.1, 0.15) is 10.9 Å². The maximum absolute atomic E-state index is 13.3. The molecule has 1 aliphatic rings. The first-order chi connectivity index (χ1) is 11.8. The van der Waals surface area contributed by atoms with Gasteiger partial charge in [0.25, 0.3) is 0 Å². The number of hydrogen-bond acceptors (Lipinski definition) is 3. The first-order valence-electron chi connectivity index (χ1n) is 8.82. The van der Waals surface area contributed by atoms with Crippen molar-refractivity contribution in [1.29, 1.82) is 0 Å². The van der Waals surface area contributed by atoms with Crippen LogP contribution in [-0.4, -0.2) is 32.9 Å². The van der Waals surface area contributed by atoms with Gasteiger partial charge in [-0.15, -0.1) is 6.58 Å². The predicted molar refractivity (Wildman–Crippen MR) is 112 cm³/mol. The van der Waals surface area contributed by atoms with Crippen molar-refractivity contribution in [3.8, 4) is 0 Å². The third kappa shape index (κ3) is 4.69. The smallest absolute Gasteiger partial charge is 0.184 e. The summed E-state index contributed by atoms with van der Waals surface area (Å²) < 4.78 is 32.9. The van der Waals surface area contributed by atoms with Gasteiger partial charge in [0.05, 0.1) is 10.5 Å². The van der Waals surface area contributed by atoms with Crippen LogP contribution in [0.5, 0.6) is 0 Å². The summed E-state index contributed by atoms with van der Waals surface area (Å²) in [5.41, 5.74) is -1.58. The first kappa shape index (κ1) is 21.4. The lowest BCUT2D eigenvalue weighted by atomic mass is 9.97. The van der Waals surface area contributed by atoms with Gasteiger partial charge in [-0.2, -0.15) is 0 Å². The van der Waals surface area contributed by atoms with E-state index in [2.05, 4.69) is 32.3 Å². The molecule has 1 aromatic carbocycles. The van der Waals surface area contributed by atoms with Crippen LogP contribution in [0.15, 0.2) is 54.0 Å². The molecule has 3 nitrogen and oxygen atoms in total.